The second-order valence-corrected chi connectivity index (χ2v) is 7.98. The molecule has 1 aliphatic heterocycles. The zero-order chi connectivity index (χ0) is 12.8. The summed E-state index contributed by atoms with van der Waals surface area (Å²) >= 11 is 0. The van der Waals surface area contributed by atoms with Crippen molar-refractivity contribution in [2.75, 3.05) is 19.6 Å². The first-order valence-corrected chi connectivity index (χ1v) is 8.01. The van der Waals surface area contributed by atoms with E-state index in [4.69, 9.17) is 0 Å². The van der Waals surface area contributed by atoms with Gasteiger partial charge in [0.25, 0.3) is 0 Å². The molecule has 0 aromatic carbocycles. The van der Waals surface area contributed by atoms with Gasteiger partial charge in [-0.05, 0) is 42.9 Å². The molecule has 0 bridgehead atoms. The fraction of sp³-hybridized carbons (Fsp3) is 1.00. The predicted molar refractivity (Wildman–Crippen MR) is 76.7 cm³/mol. The summed E-state index contributed by atoms with van der Waals surface area (Å²) in [7, 11) is 0. The van der Waals surface area contributed by atoms with Crippen LogP contribution in [0.3, 0.4) is 0 Å². The predicted octanol–water partition coefficient (Wildman–Crippen LogP) is 2.89. The third-order valence-corrected chi connectivity index (χ3v) is 5.39. The summed E-state index contributed by atoms with van der Waals surface area (Å²) < 4.78 is 0. The van der Waals surface area contributed by atoms with Crippen molar-refractivity contribution in [3.8, 4) is 0 Å². The summed E-state index contributed by atoms with van der Waals surface area (Å²) in [6.07, 6.45) is 7.41. The average molecular weight is 250 g/mol. The summed E-state index contributed by atoms with van der Waals surface area (Å²) in [6.45, 7) is 11.0. The Morgan fingerprint density at radius 3 is 2.33 bits per heavy atom. The van der Waals surface area contributed by atoms with Crippen molar-refractivity contribution in [1.82, 2.24) is 10.2 Å². The molecule has 1 saturated heterocycles. The van der Waals surface area contributed by atoms with Crippen molar-refractivity contribution >= 4 is 0 Å². The van der Waals surface area contributed by atoms with Crippen LogP contribution in [0.25, 0.3) is 0 Å². The summed E-state index contributed by atoms with van der Waals surface area (Å²) in [4.78, 5) is 2.86. The van der Waals surface area contributed by atoms with E-state index in [1.165, 1.54) is 51.7 Å². The molecule has 2 aliphatic carbocycles. The van der Waals surface area contributed by atoms with E-state index in [1.807, 2.05) is 0 Å². The van der Waals surface area contributed by atoms with Gasteiger partial charge in [-0.1, -0.05) is 27.2 Å². The molecule has 3 aliphatic rings. The lowest BCUT2D eigenvalue weighted by Gasteiger charge is -2.47. The maximum Gasteiger partial charge on any atom is 0.0249 e. The number of hydrogen-bond acceptors (Lipinski definition) is 2. The van der Waals surface area contributed by atoms with Crippen molar-refractivity contribution < 1.29 is 0 Å². The zero-order valence-corrected chi connectivity index (χ0v) is 12.4. The smallest absolute Gasteiger partial charge is 0.0249 e. The lowest BCUT2D eigenvalue weighted by Crippen LogP contribution is -2.61. The van der Waals surface area contributed by atoms with Crippen LogP contribution in [0.2, 0.25) is 0 Å². The van der Waals surface area contributed by atoms with E-state index in [-0.39, 0.29) is 0 Å². The van der Waals surface area contributed by atoms with Crippen molar-refractivity contribution in [3.05, 3.63) is 0 Å². The standard InChI is InChI=1S/C16H30N2/c1-16(2,3)15-11-18(10-12-5-4-6-12)14(9-17-15)13-7-8-13/h12-15,17H,4-11H2,1-3H3. The summed E-state index contributed by atoms with van der Waals surface area (Å²) in [5.74, 6) is 2.03. The Morgan fingerprint density at radius 2 is 1.83 bits per heavy atom. The third kappa shape index (κ3) is 2.75. The molecule has 1 heterocycles. The van der Waals surface area contributed by atoms with Gasteiger partial charge >= 0.3 is 0 Å². The highest BCUT2D eigenvalue weighted by molar-refractivity contribution is 4.98. The Morgan fingerprint density at radius 1 is 1.11 bits per heavy atom. The zero-order valence-electron chi connectivity index (χ0n) is 12.4. The molecule has 2 nitrogen and oxygen atoms in total. The Kier molecular flexibility index (Phi) is 3.44. The first-order valence-electron chi connectivity index (χ1n) is 8.01. The van der Waals surface area contributed by atoms with E-state index < -0.39 is 0 Å². The van der Waals surface area contributed by atoms with E-state index >= 15 is 0 Å². The minimum Gasteiger partial charge on any atom is -0.311 e. The first-order chi connectivity index (χ1) is 8.54. The summed E-state index contributed by atoms with van der Waals surface area (Å²) in [5, 5.41) is 3.83. The molecule has 2 heteroatoms. The van der Waals surface area contributed by atoms with Gasteiger partial charge in [-0.3, -0.25) is 4.90 Å². The molecule has 104 valence electrons. The fourth-order valence-electron chi connectivity index (χ4n) is 3.57. The Bertz CT molecular complexity index is 286. The van der Waals surface area contributed by atoms with Crippen LogP contribution in [-0.4, -0.2) is 36.6 Å². The molecule has 2 unspecified atom stereocenters. The van der Waals surface area contributed by atoms with E-state index in [1.54, 1.807) is 0 Å². The molecule has 3 rings (SSSR count). The molecule has 1 N–H and O–H groups in total. The van der Waals surface area contributed by atoms with E-state index in [0.717, 1.165) is 17.9 Å². The monoisotopic (exact) mass is 250 g/mol. The lowest BCUT2D eigenvalue weighted by molar-refractivity contribution is 0.0493. The van der Waals surface area contributed by atoms with Crippen LogP contribution in [0.1, 0.15) is 52.9 Å². The Labute approximate surface area is 113 Å². The number of rotatable bonds is 3. The molecule has 2 atom stereocenters. The SMILES string of the molecule is CC(C)(C)C1CN(CC2CCC2)C(C2CC2)CN1. The Balaban J connectivity index is 1.63. The van der Waals surface area contributed by atoms with E-state index in [0.29, 0.717) is 11.5 Å². The highest BCUT2D eigenvalue weighted by Gasteiger charge is 2.41. The second kappa shape index (κ2) is 4.79. The number of nitrogens with zero attached hydrogens (tertiary/aromatic N) is 1. The largest absolute Gasteiger partial charge is 0.311 e. The van der Waals surface area contributed by atoms with E-state index in [2.05, 4.69) is 31.0 Å². The minimum absolute atomic E-state index is 0.395. The van der Waals surface area contributed by atoms with Crippen molar-refractivity contribution in [2.24, 2.45) is 17.3 Å². The molecule has 3 fully saturated rings. The van der Waals surface area contributed by atoms with Crippen LogP contribution in [0.5, 0.6) is 0 Å². The van der Waals surface area contributed by atoms with E-state index in [9.17, 15) is 0 Å². The molecule has 0 aromatic rings. The Hall–Kier alpha value is -0.0800. The number of hydrogen-bond donors (Lipinski definition) is 1. The number of piperazine rings is 1. The van der Waals surface area contributed by atoms with Gasteiger partial charge < -0.3 is 5.32 Å². The molecule has 0 aromatic heterocycles. The molecule has 0 radical (unpaired) electrons. The van der Waals surface area contributed by atoms with Crippen LogP contribution in [0.4, 0.5) is 0 Å². The van der Waals surface area contributed by atoms with Gasteiger partial charge in [-0.15, -0.1) is 0 Å². The topological polar surface area (TPSA) is 15.3 Å². The van der Waals surface area contributed by atoms with Gasteiger partial charge in [0.15, 0.2) is 0 Å². The molecular formula is C16H30N2. The lowest BCUT2D eigenvalue weighted by atomic mass is 9.81. The van der Waals surface area contributed by atoms with Crippen LogP contribution in [0, 0.1) is 17.3 Å². The van der Waals surface area contributed by atoms with Crippen LogP contribution >= 0.6 is 0 Å². The summed E-state index contributed by atoms with van der Waals surface area (Å²) in [6, 6.07) is 1.52. The van der Waals surface area contributed by atoms with Gasteiger partial charge in [0, 0.05) is 31.7 Å². The molecule has 0 amide bonds. The molecule has 2 saturated carbocycles. The van der Waals surface area contributed by atoms with Crippen LogP contribution < -0.4 is 5.32 Å². The van der Waals surface area contributed by atoms with Gasteiger partial charge in [0.05, 0.1) is 0 Å². The second-order valence-electron chi connectivity index (χ2n) is 7.98. The van der Waals surface area contributed by atoms with Crippen molar-refractivity contribution in [2.45, 2.75) is 65.0 Å². The highest BCUT2D eigenvalue weighted by atomic mass is 15.2. The fourth-order valence-corrected chi connectivity index (χ4v) is 3.57. The van der Waals surface area contributed by atoms with Gasteiger partial charge in [0.2, 0.25) is 0 Å². The third-order valence-electron chi connectivity index (χ3n) is 5.39. The molecule has 18 heavy (non-hydrogen) atoms. The average Bonchev–Trinajstić information content (AvgIpc) is 3.05. The molecule has 0 spiro atoms. The summed E-state index contributed by atoms with van der Waals surface area (Å²) in [5.41, 5.74) is 0.395. The number of nitrogens with one attached hydrogen (secondary N) is 1. The highest BCUT2D eigenvalue weighted by Crippen LogP contribution is 2.39. The maximum atomic E-state index is 3.83. The minimum atomic E-state index is 0.395. The van der Waals surface area contributed by atoms with Crippen molar-refractivity contribution in [1.29, 1.82) is 0 Å². The van der Waals surface area contributed by atoms with Gasteiger partial charge in [-0.2, -0.15) is 0 Å². The van der Waals surface area contributed by atoms with Gasteiger partial charge in [-0.25, -0.2) is 0 Å². The normalized spacial score (nSPS) is 35.5. The van der Waals surface area contributed by atoms with Crippen LogP contribution in [0.15, 0.2) is 0 Å². The molecular weight excluding hydrogens is 220 g/mol. The quantitative estimate of drug-likeness (QED) is 0.828. The maximum absolute atomic E-state index is 3.83. The van der Waals surface area contributed by atoms with Crippen LogP contribution in [-0.2, 0) is 0 Å². The first kappa shape index (κ1) is 12.9. The van der Waals surface area contributed by atoms with Gasteiger partial charge in [0.1, 0.15) is 0 Å². The van der Waals surface area contributed by atoms with Crippen molar-refractivity contribution in [3.63, 3.8) is 0 Å².